The molecule has 2 atom stereocenters. The van der Waals surface area contributed by atoms with Gasteiger partial charge in [-0.3, -0.25) is 0 Å². The summed E-state index contributed by atoms with van der Waals surface area (Å²) in [6, 6.07) is 0. The largest absolute Gasteiger partial charge is 0.447 e. The van der Waals surface area contributed by atoms with Crippen LogP contribution < -0.4 is 0 Å². The van der Waals surface area contributed by atoms with Crippen LogP contribution in [-0.2, 0) is 19.1 Å². The lowest BCUT2D eigenvalue weighted by molar-refractivity contribution is -0.210. The van der Waals surface area contributed by atoms with Crippen molar-refractivity contribution in [1.82, 2.24) is 0 Å². The number of hydrogen-bond donors (Lipinski definition) is 0. The van der Waals surface area contributed by atoms with Crippen molar-refractivity contribution in [3.05, 3.63) is 0 Å². The average Bonchev–Trinajstić information content (AvgIpc) is 2.04. The molecule has 4 nitrogen and oxygen atoms in total. The second-order valence-electron chi connectivity index (χ2n) is 6.37. The Morgan fingerprint density at radius 3 is 1.19 bits per heavy atom. The van der Waals surface area contributed by atoms with Gasteiger partial charge in [-0.15, -0.1) is 0 Å². The van der Waals surface area contributed by atoms with Gasteiger partial charge in [-0.2, -0.15) is 0 Å². The molecule has 0 aromatic carbocycles. The van der Waals surface area contributed by atoms with Gasteiger partial charge in [0.1, 0.15) is 0 Å². The molecule has 0 amide bonds. The third-order valence-corrected chi connectivity index (χ3v) is 2.47. The van der Waals surface area contributed by atoms with E-state index < -0.39 is 35.0 Å². The van der Waals surface area contributed by atoms with Crippen molar-refractivity contribution in [2.45, 2.75) is 53.8 Å². The fraction of sp³-hybridized carbons (Fsp3) is 0.833. The van der Waals surface area contributed by atoms with Crippen molar-refractivity contribution in [3.8, 4) is 0 Å². The summed E-state index contributed by atoms with van der Waals surface area (Å²) in [5.41, 5.74) is -0.870. The van der Waals surface area contributed by atoms with Crippen LogP contribution in [0.2, 0.25) is 0 Å². The lowest BCUT2D eigenvalue weighted by Gasteiger charge is -2.38. The van der Waals surface area contributed by atoms with Gasteiger partial charge in [-0.25, -0.2) is 9.59 Å². The van der Waals surface area contributed by atoms with Gasteiger partial charge >= 0.3 is 11.9 Å². The molecule has 1 aliphatic heterocycles. The molecule has 1 fully saturated rings. The normalized spacial score (nSPS) is 27.4. The van der Waals surface area contributed by atoms with Gasteiger partial charge in [0.05, 0.1) is 0 Å². The zero-order valence-corrected chi connectivity index (χ0v) is 10.8. The Balaban J connectivity index is 2.88. The Kier molecular flexibility index (Phi) is 3.05. The minimum absolute atomic E-state index is 0.435. The van der Waals surface area contributed by atoms with E-state index in [-0.39, 0.29) is 0 Å². The molecule has 0 spiro atoms. The summed E-state index contributed by atoms with van der Waals surface area (Å²) in [6.45, 7) is 11.0. The van der Waals surface area contributed by atoms with E-state index in [2.05, 4.69) is 0 Å². The number of ether oxygens (including phenoxy) is 2. The van der Waals surface area contributed by atoms with E-state index in [4.69, 9.17) is 9.47 Å². The Morgan fingerprint density at radius 2 is 1.00 bits per heavy atom. The Bertz CT molecular complexity index is 274. The molecule has 0 saturated carbocycles. The van der Waals surface area contributed by atoms with E-state index in [1.165, 1.54) is 0 Å². The van der Waals surface area contributed by atoms with E-state index in [0.717, 1.165) is 0 Å². The van der Waals surface area contributed by atoms with Crippen molar-refractivity contribution in [3.63, 3.8) is 0 Å². The highest BCUT2D eigenvalue weighted by molar-refractivity contribution is 5.88. The zero-order chi connectivity index (χ0) is 12.7. The molecular weight excluding hydrogens is 208 g/mol. The van der Waals surface area contributed by atoms with Gasteiger partial charge in [-0.05, 0) is 0 Å². The highest BCUT2D eigenvalue weighted by Gasteiger charge is 2.48. The first-order chi connectivity index (χ1) is 7.03. The summed E-state index contributed by atoms with van der Waals surface area (Å²) >= 11 is 0. The smallest absolute Gasteiger partial charge is 0.348 e. The first-order valence-electron chi connectivity index (χ1n) is 5.44. The van der Waals surface area contributed by atoms with Gasteiger partial charge in [0.25, 0.3) is 0 Å². The molecule has 92 valence electrons. The summed E-state index contributed by atoms with van der Waals surface area (Å²) in [4.78, 5) is 23.5. The molecule has 1 aliphatic rings. The second kappa shape index (κ2) is 3.75. The van der Waals surface area contributed by atoms with Crippen LogP contribution in [0, 0.1) is 10.8 Å². The fourth-order valence-electron chi connectivity index (χ4n) is 1.51. The molecule has 0 bridgehead atoms. The number of rotatable bonds is 0. The van der Waals surface area contributed by atoms with Crippen LogP contribution in [0.5, 0.6) is 0 Å². The van der Waals surface area contributed by atoms with E-state index >= 15 is 0 Å². The lowest BCUT2D eigenvalue weighted by atomic mass is 9.85. The first-order valence-corrected chi connectivity index (χ1v) is 5.44. The topological polar surface area (TPSA) is 52.6 Å². The quantitative estimate of drug-likeness (QED) is 0.594. The van der Waals surface area contributed by atoms with E-state index in [9.17, 15) is 9.59 Å². The number of carbonyl (C=O) groups excluding carboxylic acids is 2. The third-order valence-electron chi connectivity index (χ3n) is 2.47. The molecule has 0 aromatic rings. The summed E-state index contributed by atoms with van der Waals surface area (Å²) in [5.74, 6) is -0.904. The predicted octanol–water partition coefficient (Wildman–Crippen LogP) is 1.92. The number of cyclic esters (lactones) is 2. The number of esters is 2. The van der Waals surface area contributed by atoms with Gasteiger partial charge in [0.15, 0.2) is 0 Å². The standard InChI is InChI=1S/C12H20O4/c1-11(2,3)7-9(13)16-8(10(14)15-7)12(4,5)6/h7-8H,1-6H3. The summed E-state index contributed by atoms with van der Waals surface area (Å²) < 4.78 is 10.4. The second-order valence-corrected chi connectivity index (χ2v) is 6.37. The van der Waals surface area contributed by atoms with Gasteiger partial charge in [0, 0.05) is 10.8 Å². The van der Waals surface area contributed by atoms with Gasteiger partial charge in [0.2, 0.25) is 12.2 Å². The predicted molar refractivity (Wildman–Crippen MR) is 58.7 cm³/mol. The Hall–Kier alpha value is -1.06. The zero-order valence-electron chi connectivity index (χ0n) is 10.8. The molecule has 2 unspecified atom stereocenters. The Labute approximate surface area is 96.3 Å². The maximum absolute atomic E-state index is 11.7. The lowest BCUT2D eigenvalue weighted by Crippen LogP contribution is -2.53. The monoisotopic (exact) mass is 228 g/mol. The van der Waals surface area contributed by atoms with E-state index in [1.54, 1.807) is 0 Å². The van der Waals surface area contributed by atoms with Crippen molar-refractivity contribution in [1.29, 1.82) is 0 Å². The van der Waals surface area contributed by atoms with Crippen LogP contribution in [0.15, 0.2) is 0 Å². The molecule has 0 aliphatic carbocycles. The van der Waals surface area contributed by atoms with Gasteiger partial charge < -0.3 is 9.47 Å². The van der Waals surface area contributed by atoms with Crippen LogP contribution in [0.3, 0.4) is 0 Å². The maximum atomic E-state index is 11.7. The third kappa shape index (κ3) is 2.54. The van der Waals surface area contributed by atoms with Crippen molar-refractivity contribution < 1.29 is 19.1 Å². The highest BCUT2D eigenvalue weighted by atomic mass is 16.6. The SMILES string of the molecule is CC(C)(C)C1OC(=O)C(C(C)(C)C)OC1=O. The van der Waals surface area contributed by atoms with Crippen molar-refractivity contribution in [2.24, 2.45) is 10.8 Å². The molecule has 0 aromatic heterocycles. The molecule has 1 heterocycles. The molecule has 16 heavy (non-hydrogen) atoms. The van der Waals surface area contributed by atoms with E-state index in [1.807, 2.05) is 41.5 Å². The minimum atomic E-state index is -0.807. The van der Waals surface area contributed by atoms with Crippen LogP contribution in [0.1, 0.15) is 41.5 Å². The van der Waals surface area contributed by atoms with Crippen LogP contribution in [0.4, 0.5) is 0 Å². The minimum Gasteiger partial charge on any atom is -0.447 e. The molecule has 1 rings (SSSR count). The fourth-order valence-corrected chi connectivity index (χ4v) is 1.51. The summed E-state index contributed by atoms with van der Waals surface area (Å²) in [6.07, 6.45) is -1.61. The molecule has 4 heteroatoms. The van der Waals surface area contributed by atoms with Crippen molar-refractivity contribution in [2.75, 3.05) is 0 Å². The molecule has 0 N–H and O–H groups in total. The maximum Gasteiger partial charge on any atom is 0.348 e. The highest BCUT2D eigenvalue weighted by Crippen LogP contribution is 2.32. The number of hydrogen-bond acceptors (Lipinski definition) is 4. The van der Waals surface area contributed by atoms with Crippen LogP contribution in [-0.4, -0.2) is 24.1 Å². The number of carbonyl (C=O) groups is 2. The molecule has 0 radical (unpaired) electrons. The molecule has 1 saturated heterocycles. The van der Waals surface area contributed by atoms with Gasteiger partial charge in [-0.1, -0.05) is 41.5 Å². The average molecular weight is 228 g/mol. The van der Waals surface area contributed by atoms with Crippen LogP contribution >= 0.6 is 0 Å². The Morgan fingerprint density at radius 1 is 0.750 bits per heavy atom. The summed E-state index contributed by atoms with van der Waals surface area (Å²) in [7, 11) is 0. The first kappa shape index (κ1) is 13.0. The van der Waals surface area contributed by atoms with Crippen LogP contribution in [0.25, 0.3) is 0 Å². The van der Waals surface area contributed by atoms with E-state index in [0.29, 0.717) is 0 Å². The van der Waals surface area contributed by atoms with Crippen molar-refractivity contribution >= 4 is 11.9 Å². The molecular formula is C12H20O4. The summed E-state index contributed by atoms with van der Waals surface area (Å²) in [5, 5.41) is 0.